The smallest absolute Gasteiger partial charge is 0.328 e. The zero-order chi connectivity index (χ0) is 23.9. The monoisotopic (exact) mass is 493 g/mol. The van der Waals surface area contributed by atoms with Crippen molar-refractivity contribution in [3.63, 3.8) is 0 Å². The number of methoxy groups -OCH3 is 1. The van der Waals surface area contributed by atoms with Crippen LogP contribution in [0.5, 0.6) is 11.5 Å². The summed E-state index contributed by atoms with van der Waals surface area (Å²) in [5.74, 6) is 1.74. The van der Waals surface area contributed by atoms with Crippen molar-refractivity contribution in [2.24, 2.45) is 0 Å². The Morgan fingerprint density at radius 2 is 2.09 bits per heavy atom. The van der Waals surface area contributed by atoms with E-state index in [0.29, 0.717) is 23.4 Å². The maximum atomic E-state index is 13.0. The number of para-hydroxylation sites is 1. The number of piperazine rings is 1. The number of pyridine rings is 1. The van der Waals surface area contributed by atoms with Gasteiger partial charge in [-0.05, 0) is 37.6 Å². The third-order valence-electron chi connectivity index (χ3n) is 6.98. The summed E-state index contributed by atoms with van der Waals surface area (Å²) in [6.07, 6.45) is 5.06. The lowest BCUT2D eigenvalue weighted by Crippen LogP contribution is -2.57. The number of benzene rings is 1. The fraction of sp³-hybridized carbons (Fsp3) is 0.400. The van der Waals surface area contributed by atoms with Crippen LogP contribution in [0.3, 0.4) is 0 Å². The van der Waals surface area contributed by atoms with Gasteiger partial charge in [-0.25, -0.2) is 4.79 Å². The molecule has 2 aliphatic heterocycles. The number of fused-ring (bicyclic) bond motifs is 6. The molecule has 1 unspecified atom stereocenters. The first-order valence-electron chi connectivity index (χ1n) is 11.9. The number of hydrogen-bond acceptors (Lipinski definition) is 8. The van der Waals surface area contributed by atoms with Gasteiger partial charge in [0.2, 0.25) is 0 Å². The number of ether oxygens (including phenoxy) is 2. The lowest BCUT2D eigenvalue weighted by atomic mass is 10.1. The lowest BCUT2D eigenvalue weighted by Gasteiger charge is -2.46. The summed E-state index contributed by atoms with van der Waals surface area (Å²) >= 11 is 1.40. The molecule has 1 atom stereocenters. The van der Waals surface area contributed by atoms with Crippen LogP contribution in [-0.4, -0.2) is 65.4 Å². The molecule has 3 aromatic heterocycles. The van der Waals surface area contributed by atoms with E-state index >= 15 is 0 Å². The Morgan fingerprint density at radius 1 is 1.20 bits per heavy atom. The fourth-order valence-corrected chi connectivity index (χ4v) is 6.30. The Morgan fingerprint density at radius 3 is 2.97 bits per heavy atom. The molecule has 1 fully saturated rings. The third-order valence-corrected chi connectivity index (χ3v) is 8.14. The normalized spacial score (nSPS) is 17.9. The van der Waals surface area contributed by atoms with Crippen LogP contribution >= 0.6 is 11.3 Å². The Hall–Kier alpha value is -3.37. The van der Waals surface area contributed by atoms with Crippen LogP contribution in [0.15, 0.2) is 46.2 Å². The first-order chi connectivity index (χ1) is 17.1. The van der Waals surface area contributed by atoms with Gasteiger partial charge in [-0.15, -0.1) is 11.3 Å². The predicted octanol–water partition coefficient (Wildman–Crippen LogP) is 2.67. The molecular weight excluding hydrogens is 466 g/mol. The van der Waals surface area contributed by atoms with Crippen molar-refractivity contribution < 1.29 is 9.47 Å². The van der Waals surface area contributed by atoms with Crippen LogP contribution in [0, 0.1) is 0 Å². The first kappa shape index (κ1) is 22.1. The number of rotatable bonds is 6. The zero-order valence-corrected chi connectivity index (χ0v) is 20.3. The minimum atomic E-state index is -0.355. The van der Waals surface area contributed by atoms with Crippen LogP contribution in [0.4, 0.5) is 5.69 Å². The molecule has 0 radical (unpaired) electrons. The third kappa shape index (κ3) is 3.86. The van der Waals surface area contributed by atoms with Gasteiger partial charge in [0.1, 0.15) is 28.5 Å². The van der Waals surface area contributed by atoms with Crippen molar-refractivity contribution >= 4 is 37.3 Å². The maximum Gasteiger partial charge on any atom is 0.328 e. The molecular formula is C25H27N5O4S. The van der Waals surface area contributed by atoms with E-state index < -0.39 is 0 Å². The highest BCUT2D eigenvalue weighted by atomic mass is 32.1. The number of H-pyrrole nitrogens is 1. The number of hydrogen-bond donors (Lipinski definition) is 1. The number of nitrogens with one attached hydrogen (secondary N) is 1. The Balaban J connectivity index is 1.09. The van der Waals surface area contributed by atoms with Gasteiger partial charge in [0.15, 0.2) is 0 Å². The first-order valence-corrected chi connectivity index (χ1v) is 12.7. The van der Waals surface area contributed by atoms with E-state index in [1.54, 1.807) is 19.5 Å². The van der Waals surface area contributed by atoms with Crippen molar-refractivity contribution in [3.05, 3.63) is 57.5 Å². The van der Waals surface area contributed by atoms with Crippen LogP contribution in [0.25, 0.3) is 20.3 Å². The molecule has 1 saturated heterocycles. The summed E-state index contributed by atoms with van der Waals surface area (Å²) in [6, 6.07) is 8.09. The Labute approximate surface area is 205 Å². The molecule has 1 aromatic carbocycles. The van der Waals surface area contributed by atoms with Gasteiger partial charge in [-0.3, -0.25) is 19.2 Å². The summed E-state index contributed by atoms with van der Waals surface area (Å²) in [5.41, 5.74) is 1.07. The van der Waals surface area contributed by atoms with Crippen LogP contribution in [-0.2, 0) is 6.54 Å². The van der Waals surface area contributed by atoms with Crippen LogP contribution in [0.2, 0.25) is 0 Å². The average Bonchev–Trinajstić information content (AvgIpc) is 3.26. The van der Waals surface area contributed by atoms with Crippen molar-refractivity contribution in [3.8, 4) is 11.5 Å². The largest absolute Gasteiger partial charge is 0.494 e. The molecule has 35 heavy (non-hydrogen) atoms. The van der Waals surface area contributed by atoms with Gasteiger partial charge in [0.25, 0.3) is 5.56 Å². The van der Waals surface area contributed by atoms with Gasteiger partial charge in [0.05, 0.1) is 18.7 Å². The van der Waals surface area contributed by atoms with Crippen molar-refractivity contribution in [2.45, 2.75) is 25.4 Å². The number of aromatic nitrogens is 3. The lowest BCUT2D eigenvalue weighted by molar-refractivity contribution is 0.163. The Kier molecular flexibility index (Phi) is 5.69. The van der Waals surface area contributed by atoms with Gasteiger partial charge in [0, 0.05) is 48.7 Å². The molecule has 6 rings (SSSR count). The second-order valence-electron chi connectivity index (χ2n) is 9.04. The molecule has 5 heterocycles. The molecule has 0 saturated carbocycles. The van der Waals surface area contributed by atoms with Gasteiger partial charge in [-0.1, -0.05) is 6.07 Å². The standard InChI is InChI=1S/C25H27N5O4S/c1-33-18-5-4-6-19-22(18)29-12-11-28(14-16(29)15-34-19)9-2-3-10-30-24(31)23-21(27-25(30)32)17-13-26-8-7-20(17)35-23/h4-8,13,16H,2-3,9-12,14-15H2,1H3,(H,27,32). The number of unbranched alkanes of at least 4 members (excludes halogenated alkanes) is 1. The summed E-state index contributed by atoms with van der Waals surface area (Å²) in [6.45, 7) is 4.78. The highest BCUT2D eigenvalue weighted by molar-refractivity contribution is 7.25. The molecule has 0 amide bonds. The minimum Gasteiger partial charge on any atom is -0.494 e. The number of thiophene rings is 1. The Bertz CT molecular complexity index is 1500. The van der Waals surface area contributed by atoms with E-state index in [4.69, 9.17) is 9.47 Å². The molecule has 0 aliphatic carbocycles. The van der Waals surface area contributed by atoms with E-state index in [1.807, 2.05) is 24.3 Å². The SMILES string of the molecule is COc1cccc2c1N1CCN(CCCCn3c(=O)[nH]c4c(sc5ccncc54)c3=O)CC1CO2. The van der Waals surface area contributed by atoms with Crippen molar-refractivity contribution in [2.75, 3.05) is 44.8 Å². The predicted molar refractivity (Wildman–Crippen MR) is 137 cm³/mol. The number of aromatic amines is 1. The number of nitrogens with zero attached hydrogens (tertiary/aromatic N) is 4. The van der Waals surface area contributed by atoms with Gasteiger partial charge in [-0.2, -0.15) is 0 Å². The molecule has 9 nitrogen and oxygen atoms in total. The average molecular weight is 494 g/mol. The molecule has 1 N–H and O–H groups in total. The van der Waals surface area contributed by atoms with Gasteiger partial charge >= 0.3 is 5.69 Å². The quantitative estimate of drug-likeness (QED) is 0.413. The van der Waals surface area contributed by atoms with Crippen molar-refractivity contribution in [1.82, 2.24) is 19.4 Å². The second-order valence-corrected chi connectivity index (χ2v) is 10.1. The minimum absolute atomic E-state index is 0.217. The summed E-state index contributed by atoms with van der Waals surface area (Å²) in [4.78, 5) is 37.5. The molecule has 182 valence electrons. The number of anilines is 1. The van der Waals surface area contributed by atoms with Crippen LogP contribution in [0.1, 0.15) is 12.8 Å². The topological polar surface area (TPSA) is 92.7 Å². The van der Waals surface area contributed by atoms with Crippen molar-refractivity contribution in [1.29, 1.82) is 0 Å². The fourth-order valence-electron chi connectivity index (χ4n) is 5.23. The van der Waals surface area contributed by atoms with E-state index in [0.717, 1.165) is 66.3 Å². The molecule has 0 bridgehead atoms. The molecule has 10 heteroatoms. The highest BCUT2D eigenvalue weighted by Crippen LogP contribution is 2.42. The summed E-state index contributed by atoms with van der Waals surface area (Å²) < 4.78 is 14.5. The zero-order valence-electron chi connectivity index (χ0n) is 19.5. The van der Waals surface area contributed by atoms with Crippen LogP contribution < -0.4 is 25.6 Å². The van der Waals surface area contributed by atoms with E-state index in [2.05, 4.69) is 19.8 Å². The van der Waals surface area contributed by atoms with E-state index in [-0.39, 0.29) is 17.3 Å². The molecule has 2 aliphatic rings. The van der Waals surface area contributed by atoms with E-state index in [9.17, 15) is 9.59 Å². The van der Waals surface area contributed by atoms with Gasteiger partial charge < -0.3 is 19.4 Å². The second kappa shape index (κ2) is 9.01. The highest BCUT2D eigenvalue weighted by Gasteiger charge is 2.34. The maximum absolute atomic E-state index is 13.0. The molecule has 0 spiro atoms. The summed E-state index contributed by atoms with van der Waals surface area (Å²) in [5, 5.41) is 0.819. The molecule has 4 aromatic rings. The van der Waals surface area contributed by atoms with E-state index in [1.165, 1.54) is 15.9 Å². The summed E-state index contributed by atoms with van der Waals surface area (Å²) in [7, 11) is 1.70.